The molecule has 2 fully saturated rings. The zero-order valence-corrected chi connectivity index (χ0v) is 28.0. The summed E-state index contributed by atoms with van der Waals surface area (Å²) in [4.78, 5) is 38.3. The Bertz CT molecular complexity index is 1490. The van der Waals surface area contributed by atoms with E-state index in [4.69, 9.17) is 9.47 Å². The van der Waals surface area contributed by atoms with Gasteiger partial charge in [-0.15, -0.1) is 0 Å². The fraction of sp³-hybridized carbons (Fsp3) is 0.486. The molecular formula is C37H48N6O4. The third kappa shape index (κ3) is 8.94. The van der Waals surface area contributed by atoms with Gasteiger partial charge >= 0.3 is 12.2 Å². The summed E-state index contributed by atoms with van der Waals surface area (Å²) in [6, 6.07) is 20.5. The van der Waals surface area contributed by atoms with Crippen molar-refractivity contribution in [2.75, 3.05) is 62.6 Å². The number of fused-ring (bicyclic) bond motifs is 1. The SMILES string of the molecule is CC(C)(C)OC(=O)N1CCc2cnc(Nc3ccc(N4CCC(CN5CCN(C(=O)OCc6ccccc6)CC5)CC4)cc3)cc2C1. The lowest BCUT2D eigenvalue weighted by atomic mass is 9.95. The highest BCUT2D eigenvalue weighted by molar-refractivity contribution is 5.69. The Morgan fingerprint density at radius 3 is 2.28 bits per heavy atom. The number of nitrogens with one attached hydrogen (secondary N) is 1. The number of amides is 2. The number of pyridine rings is 1. The van der Waals surface area contributed by atoms with E-state index < -0.39 is 5.60 Å². The highest BCUT2D eigenvalue weighted by Gasteiger charge is 2.28. The van der Waals surface area contributed by atoms with Crippen LogP contribution in [0.15, 0.2) is 66.9 Å². The number of piperazine rings is 1. The number of carbonyl (C=O) groups excluding carboxylic acids is 2. The summed E-state index contributed by atoms with van der Waals surface area (Å²) < 4.78 is 11.1. The molecule has 3 aliphatic heterocycles. The van der Waals surface area contributed by atoms with Gasteiger partial charge in [-0.3, -0.25) is 4.90 Å². The molecule has 250 valence electrons. The number of aromatic nitrogens is 1. The largest absolute Gasteiger partial charge is 0.445 e. The van der Waals surface area contributed by atoms with Gasteiger partial charge in [-0.1, -0.05) is 30.3 Å². The van der Waals surface area contributed by atoms with Gasteiger partial charge in [0.15, 0.2) is 0 Å². The Hall–Kier alpha value is -4.31. The summed E-state index contributed by atoms with van der Waals surface area (Å²) in [6.45, 7) is 13.6. The lowest BCUT2D eigenvalue weighted by Gasteiger charge is -2.39. The van der Waals surface area contributed by atoms with Gasteiger partial charge in [0.1, 0.15) is 18.0 Å². The van der Waals surface area contributed by atoms with Crippen molar-refractivity contribution in [2.45, 2.75) is 58.8 Å². The molecule has 2 aromatic carbocycles. The van der Waals surface area contributed by atoms with Gasteiger partial charge in [0.05, 0.1) is 0 Å². The maximum Gasteiger partial charge on any atom is 0.410 e. The summed E-state index contributed by atoms with van der Waals surface area (Å²) in [5.41, 5.74) is 5.00. The molecule has 1 N–H and O–H groups in total. The predicted octanol–water partition coefficient (Wildman–Crippen LogP) is 6.29. The molecule has 0 spiro atoms. The first-order valence-electron chi connectivity index (χ1n) is 16.9. The van der Waals surface area contributed by atoms with Crippen LogP contribution in [0.3, 0.4) is 0 Å². The molecule has 3 aliphatic rings. The van der Waals surface area contributed by atoms with E-state index in [1.165, 1.54) is 24.1 Å². The van der Waals surface area contributed by atoms with Crippen molar-refractivity contribution in [3.8, 4) is 0 Å². The number of rotatable bonds is 7. The van der Waals surface area contributed by atoms with Crippen LogP contribution in [0.1, 0.15) is 50.3 Å². The Labute approximate surface area is 278 Å². The monoisotopic (exact) mass is 640 g/mol. The normalized spacial score (nSPS) is 17.6. The van der Waals surface area contributed by atoms with Gasteiger partial charge in [0.2, 0.25) is 0 Å². The van der Waals surface area contributed by atoms with Crippen molar-refractivity contribution < 1.29 is 19.1 Å². The summed E-state index contributed by atoms with van der Waals surface area (Å²) in [6.07, 6.45) is 4.54. The summed E-state index contributed by atoms with van der Waals surface area (Å²) >= 11 is 0. The zero-order chi connectivity index (χ0) is 32.8. The number of ether oxygens (including phenoxy) is 2. The second-order valence-electron chi connectivity index (χ2n) is 13.9. The minimum absolute atomic E-state index is 0.214. The molecule has 0 bridgehead atoms. The highest BCUT2D eigenvalue weighted by Crippen LogP contribution is 2.28. The number of hydrogen-bond donors (Lipinski definition) is 1. The van der Waals surface area contributed by atoms with Crippen LogP contribution in [0.5, 0.6) is 0 Å². The number of benzene rings is 2. The average Bonchev–Trinajstić information content (AvgIpc) is 3.08. The van der Waals surface area contributed by atoms with Crippen LogP contribution in [0.2, 0.25) is 0 Å². The Morgan fingerprint density at radius 2 is 1.57 bits per heavy atom. The smallest absolute Gasteiger partial charge is 0.410 e. The van der Waals surface area contributed by atoms with E-state index in [0.717, 1.165) is 74.9 Å². The van der Waals surface area contributed by atoms with E-state index in [2.05, 4.69) is 44.4 Å². The molecule has 2 amide bonds. The van der Waals surface area contributed by atoms with Crippen LogP contribution in [-0.4, -0.2) is 89.8 Å². The van der Waals surface area contributed by atoms with Crippen molar-refractivity contribution in [2.24, 2.45) is 5.92 Å². The summed E-state index contributed by atoms with van der Waals surface area (Å²) in [5, 5.41) is 3.44. The van der Waals surface area contributed by atoms with Gasteiger partial charge in [-0.25, -0.2) is 14.6 Å². The molecular weight excluding hydrogens is 592 g/mol. The number of anilines is 3. The van der Waals surface area contributed by atoms with Gasteiger partial charge < -0.3 is 29.5 Å². The Balaban J connectivity index is 0.923. The maximum atomic E-state index is 12.6. The van der Waals surface area contributed by atoms with Crippen molar-refractivity contribution in [1.82, 2.24) is 19.7 Å². The van der Waals surface area contributed by atoms with E-state index in [1.54, 1.807) is 4.90 Å². The van der Waals surface area contributed by atoms with Crippen molar-refractivity contribution in [3.63, 3.8) is 0 Å². The lowest BCUT2D eigenvalue weighted by molar-refractivity contribution is 0.0223. The summed E-state index contributed by atoms with van der Waals surface area (Å²) in [7, 11) is 0. The molecule has 0 saturated carbocycles. The predicted molar refractivity (Wildman–Crippen MR) is 184 cm³/mol. The number of piperidine rings is 1. The highest BCUT2D eigenvalue weighted by atomic mass is 16.6. The molecule has 10 heteroatoms. The number of carbonyl (C=O) groups is 2. The standard InChI is InChI=1S/C37H48N6O4/c1-37(2,3)47-36(45)43-18-15-30-24-38-34(23-31(30)26-43)39-32-9-11-33(12-10-32)41-16-13-28(14-17-41)25-40-19-21-42(22-20-40)35(44)46-27-29-7-5-4-6-8-29/h4-12,23-24,28H,13-22,25-27H2,1-3H3,(H,38,39). The van der Waals surface area contributed by atoms with Crippen molar-refractivity contribution >= 4 is 29.4 Å². The van der Waals surface area contributed by atoms with Crippen molar-refractivity contribution in [1.29, 1.82) is 0 Å². The summed E-state index contributed by atoms with van der Waals surface area (Å²) in [5.74, 6) is 1.44. The lowest BCUT2D eigenvalue weighted by Crippen LogP contribution is -2.50. The van der Waals surface area contributed by atoms with E-state index in [9.17, 15) is 9.59 Å². The second kappa shape index (κ2) is 14.6. The molecule has 4 heterocycles. The third-order valence-electron chi connectivity index (χ3n) is 9.22. The zero-order valence-electron chi connectivity index (χ0n) is 28.0. The van der Waals surface area contributed by atoms with E-state index in [1.807, 2.05) is 68.3 Å². The van der Waals surface area contributed by atoms with E-state index >= 15 is 0 Å². The van der Waals surface area contributed by atoms with Gasteiger partial charge in [0.25, 0.3) is 0 Å². The molecule has 0 atom stereocenters. The molecule has 47 heavy (non-hydrogen) atoms. The van der Waals surface area contributed by atoms with Crippen molar-refractivity contribution in [3.05, 3.63) is 83.6 Å². The van der Waals surface area contributed by atoms with Crippen LogP contribution < -0.4 is 10.2 Å². The van der Waals surface area contributed by atoms with Gasteiger partial charge in [0, 0.05) is 76.5 Å². The average molecular weight is 641 g/mol. The van der Waals surface area contributed by atoms with Gasteiger partial charge in [-0.2, -0.15) is 0 Å². The molecule has 1 aromatic heterocycles. The minimum atomic E-state index is -0.510. The quantitative estimate of drug-likeness (QED) is 0.323. The van der Waals surface area contributed by atoms with E-state index in [0.29, 0.717) is 25.6 Å². The van der Waals surface area contributed by atoms with Crippen LogP contribution in [-0.2, 0) is 29.0 Å². The molecule has 3 aromatic rings. The molecule has 6 rings (SSSR count). The van der Waals surface area contributed by atoms with Crippen LogP contribution in [0.25, 0.3) is 0 Å². The van der Waals surface area contributed by atoms with Crippen LogP contribution in [0.4, 0.5) is 26.8 Å². The fourth-order valence-electron chi connectivity index (χ4n) is 6.55. The molecule has 0 unspecified atom stereocenters. The first-order chi connectivity index (χ1) is 22.7. The third-order valence-corrected chi connectivity index (χ3v) is 9.22. The van der Waals surface area contributed by atoms with Gasteiger partial charge in [-0.05, 0) is 93.0 Å². The molecule has 2 saturated heterocycles. The number of nitrogens with zero attached hydrogens (tertiary/aromatic N) is 5. The molecule has 0 radical (unpaired) electrons. The van der Waals surface area contributed by atoms with E-state index in [-0.39, 0.29) is 12.2 Å². The first kappa shape index (κ1) is 32.6. The fourth-order valence-corrected chi connectivity index (χ4v) is 6.55. The molecule has 0 aliphatic carbocycles. The number of hydrogen-bond acceptors (Lipinski definition) is 8. The topological polar surface area (TPSA) is 90.5 Å². The Morgan fingerprint density at radius 1 is 0.851 bits per heavy atom. The first-order valence-corrected chi connectivity index (χ1v) is 16.9. The Kier molecular flexibility index (Phi) is 10.2. The minimum Gasteiger partial charge on any atom is -0.445 e. The van der Waals surface area contributed by atoms with Crippen LogP contribution >= 0.6 is 0 Å². The maximum absolute atomic E-state index is 12.6. The van der Waals surface area contributed by atoms with Crippen LogP contribution in [0, 0.1) is 5.92 Å². The second-order valence-corrected chi connectivity index (χ2v) is 13.9. The molecule has 10 nitrogen and oxygen atoms in total.